The fourth-order valence-electron chi connectivity index (χ4n) is 1.73. The Kier molecular flexibility index (Phi) is 15.3. The van der Waals surface area contributed by atoms with Crippen molar-refractivity contribution in [3.05, 3.63) is 85.2 Å². The molecule has 0 fully saturated rings. The summed E-state index contributed by atoms with van der Waals surface area (Å²) in [7, 11) is 0. The summed E-state index contributed by atoms with van der Waals surface area (Å²) in [5, 5.41) is 13.5. The van der Waals surface area contributed by atoms with Gasteiger partial charge in [-0.15, -0.1) is 0 Å². The van der Waals surface area contributed by atoms with Gasteiger partial charge in [0, 0.05) is 49.6 Å². The van der Waals surface area contributed by atoms with Crippen LogP contribution in [-0.4, -0.2) is 52.0 Å². The first-order valence-electron chi connectivity index (χ1n) is 7.84. The van der Waals surface area contributed by atoms with Crippen LogP contribution in [0, 0.1) is 0 Å². The summed E-state index contributed by atoms with van der Waals surface area (Å²) < 4.78 is 0. The molecule has 0 aliphatic rings. The van der Waals surface area contributed by atoms with Crippen LogP contribution in [0.2, 0.25) is 0 Å². The zero-order valence-corrected chi connectivity index (χ0v) is 17.3. The van der Waals surface area contributed by atoms with E-state index in [1.165, 1.54) is 0 Å². The predicted octanol–water partition coefficient (Wildman–Crippen LogP) is 1.65. The van der Waals surface area contributed by atoms with E-state index in [1.807, 2.05) is 0 Å². The minimum atomic E-state index is 0. The monoisotopic (exact) mass is 502 g/mol. The van der Waals surface area contributed by atoms with E-state index in [-0.39, 0.29) is 19.5 Å². The molecule has 0 radical (unpaired) electrons. The maximum atomic E-state index is 8.24. The average molecular weight is 501 g/mol. The Bertz CT molecular complexity index is 868. The Morgan fingerprint density at radius 3 is 0.806 bits per heavy atom. The van der Waals surface area contributed by atoms with Gasteiger partial charge in [0.1, 0.15) is 22.8 Å². The number of isocyanates is 2. The molecule has 0 bridgehead atoms. The normalized spacial score (nSPS) is 8.00. The van der Waals surface area contributed by atoms with Crippen molar-refractivity contribution in [3.63, 3.8) is 0 Å². The quantitative estimate of drug-likeness (QED) is 0.222. The van der Waals surface area contributed by atoms with Crippen molar-refractivity contribution in [1.29, 1.82) is 0 Å². The van der Waals surface area contributed by atoms with Crippen LogP contribution < -0.4 is 0 Å². The van der Waals surface area contributed by atoms with E-state index in [4.69, 9.17) is 20.4 Å². The molecule has 0 saturated carbocycles. The molecule has 13 heteroatoms. The number of hydrogen-bond acceptors (Lipinski definition) is 10. The maximum Gasteiger partial charge on any atom is 2.00 e. The molecule has 0 aliphatic heterocycles. The van der Waals surface area contributed by atoms with Gasteiger partial charge in [0.05, 0.1) is 24.8 Å². The van der Waals surface area contributed by atoms with E-state index in [9.17, 15) is 0 Å². The topological polar surface area (TPSA) is 182 Å². The fraction of sp³-hybridized carbons (Fsp3) is 0. The average Bonchev–Trinajstić information content (AvgIpc) is 2.83. The molecule has 0 aliphatic carbocycles. The van der Waals surface area contributed by atoms with E-state index >= 15 is 0 Å². The number of nitrogens with zero attached hydrogens (tertiary/aromatic N) is 10. The summed E-state index contributed by atoms with van der Waals surface area (Å²) in [6.45, 7) is 0. The Labute approximate surface area is 189 Å². The molecule has 12 nitrogen and oxygen atoms in total. The number of rotatable bonds is 2. The molecule has 31 heavy (non-hydrogen) atoms. The smallest absolute Gasteiger partial charge is 0.724 e. The summed E-state index contributed by atoms with van der Waals surface area (Å²) in [5.74, 6) is 0. The molecule has 0 unspecified atom stereocenters. The largest absolute Gasteiger partial charge is 2.00 e. The molecular formula is C18H12N10O2Ru. The first kappa shape index (κ1) is 26.7. The van der Waals surface area contributed by atoms with Crippen LogP contribution in [0.1, 0.15) is 0 Å². The summed E-state index contributed by atoms with van der Waals surface area (Å²) in [6.07, 6.45) is 20.6. The summed E-state index contributed by atoms with van der Waals surface area (Å²) in [5.41, 5.74) is 2.97. The van der Waals surface area contributed by atoms with Gasteiger partial charge in [0.2, 0.25) is 0 Å². The molecule has 0 spiro atoms. The van der Waals surface area contributed by atoms with Crippen LogP contribution in [0.5, 0.6) is 0 Å². The van der Waals surface area contributed by atoms with Gasteiger partial charge >= 0.3 is 19.5 Å². The molecule has 0 amide bonds. The molecular weight excluding hydrogens is 489 g/mol. The van der Waals surface area contributed by atoms with Crippen LogP contribution in [-0.2, 0) is 29.1 Å². The number of aromatic nitrogens is 8. The van der Waals surface area contributed by atoms with Gasteiger partial charge in [-0.05, 0) is 12.2 Å². The fourth-order valence-corrected chi connectivity index (χ4v) is 1.73. The SMILES string of the molecule is [N-]=C=O.[N-]=C=O.[Ru+2].c1cnc(-c2cnccn2)cn1.c1cnc(-c2cnccn2)cn1. The van der Waals surface area contributed by atoms with Crippen molar-refractivity contribution in [3.8, 4) is 22.8 Å². The molecule has 4 rings (SSSR count). The van der Waals surface area contributed by atoms with E-state index in [2.05, 4.69) is 39.9 Å². The van der Waals surface area contributed by atoms with Crippen molar-refractivity contribution in [2.45, 2.75) is 0 Å². The van der Waals surface area contributed by atoms with Crippen molar-refractivity contribution in [1.82, 2.24) is 39.9 Å². The second-order valence-electron chi connectivity index (χ2n) is 4.55. The maximum absolute atomic E-state index is 8.24. The second-order valence-corrected chi connectivity index (χ2v) is 4.55. The van der Waals surface area contributed by atoms with Gasteiger partial charge in [0.25, 0.3) is 0 Å². The zero-order chi connectivity index (χ0) is 21.9. The minimum Gasteiger partial charge on any atom is -0.724 e. The van der Waals surface area contributed by atoms with Gasteiger partial charge in [-0.2, -0.15) is 0 Å². The minimum absolute atomic E-state index is 0. The van der Waals surface area contributed by atoms with Crippen molar-refractivity contribution in [2.75, 3.05) is 0 Å². The Balaban J connectivity index is 0.000000453. The zero-order valence-electron chi connectivity index (χ0n) is 15.6. The van der Waals surface area contributed by atoms with Gasteiger partial charge < -0.3 is 10.8 Å². The Morgan fingerprint density at radius 2 is 0.677 bits per heavy atom. The van der Waals surface area contributed by atoms with Crippen molar-refractivity contribution in [2.24, 2.45) is 0 Å². The molecule has 0 saturated heterocycles. The first-order valence-corrected chi connectivity index (χ1v) is 7.84. The van der Waals surface area contributed by atoms with Gasteiger partial charge in [-0.25, -0.2) is 0 Å². The molecule has 4 aromatic rings. The van der Waals surface area contributed by atoms with E-state index in [0.29, 0.717) is 12.2 Å². The first-order chi connectivity index (χ1) is 14.8. The van der Waals surface area contributed by atoms with Gasteiger partial charge in [-0.3, -0.25) is 49.5 Å². The predicted molar refractivity (Wildman–Crippen MR) is 104 cm³/mol. The third-order valence-corrected chi connectivity index (χ3v) is 2.78. The molecule has 154 valence electrons. The van der Waals surface area contributed by atoms with Crippen LogP contribution in [0.15, 0.2) is 74.4 Å². The van der Waals surface area contributed by atoms with E-state index in [0.717, 1.165) is 22.8 Å². The van der Waals surface area contributed by atoms with Crippen molar-refractivity contribution >= 4 is 12.2 Å². The standard InChI is InChI=1S/2C8H6N4.2CNO.Ru/c2*1-3-11-7(5-9-1)8-6-10-2-4-12-8;2*2-1-3;/h2*1-6H;;;/q;;2*-1;+2. The number of carbonyl (C=O) groups excluding carboxylic acids is 2. The third kappa shape index (κ3) is 11.3. The van der Waals surface area contributed by atoms with Crippen LogP contribution in [0.25, 0.3) is 33.6 Å². The van der Waals surface area contributed by atoms with Crippen LogP contribution in [0.3, 0.4) is 0 Å². The molecule has 4 aromatic heterocycles. The summed E-state index contributed by atoms with van der Waals surface area (Å²) in [4.78, 5) is 48.5. The molecule has 0 aromatic carbocycles. The molecule has 0 N–H and O–H groups in total. The second kappa shape index (κ2) is 17.8. The van der Waals surface area contributed by atoms with E-state index < -0.39 is 0 Å². The van der Waals surface area contributed by atoms with Gasteiger partial charge in [0.15, 0.2) is 0 Å². The summed E-state index contributed by atoms with van der Waals surface area (Å²) in [6, 6.07) is 0. The van der Waals surface area contributed by atoms with E-state index in [1.54, 1.807) is 74.4 Å². The molecule has 0 atom stereocenters. The number of hydrogen-bond donors (Lipinski definition) is 0. The Morgan fingerprint density at radius 1 is 0.484 bits per heavy atom. The Hall–Kier alpha value is -4.30. The third-order valence-electron chi connectivity index (χ3n) is 2.78. The van der Waals surface area contributed by atoms with Crippen LogP contribution >= 0.6 is 0 Å². The van der Waals surface area contributed by atoms with Crippen LogP contribution in [0.4, 0.5) is 0 Å². The van der Waals surface area contributed by atoms with Gasteiger partial charge in [-0.1, -0.05) is 0 Å². The summed E-state index contributed by atoms with van der Waals surface area (Å²) >= 11 is 0. The van der Waals surface area contributed by atoms with Crippen molar-refractivity contribution < 1.29 is 29.1 Å². The molecule has 4 heterocycles.